The van der Waals surface area contributed by atoms with Crippen molar-refractivity contribution in [3.8, 4) is 0 Å². The molecular weight excluding hydrogens is 246 g/mol. The summed E-state index contributed by atoms with van der Waals surface area (Å²) in [5.41, 5.74) is 1.14. The second-order valence-electron chi connectivity index (χ2n) is 5.07. The molecule has 1 fully saturated rings. The summed E-state index contributed by atoms with van der Waals surface area (Å²) in [7, 11) is -3.07. The van der Waals surface area contributed by atoms with E-state index in [9.17, 15) is 8.42 Å². The average Bonchev–Trinajstić information content (AvgIpc) is 2.40. The zero-order valence-corrected chi connectivity index (χ0v) is 11.9. The van der Waals surface area contributed by atoms with Crippen molar-refractivity contribution in [1.82, 2.24) is 0 Å². The van der Waals surface area contributed by atoms with E-state index in [0.717, 1.165) is 24.7 Å². The monoisotopic (exact) mass is 267 g/mol. The van der Waals surface area contributed by atoms with Gasteiger partial charge in [0.1, 0.15) is 0 Å². The summed E-state index contributed by atoms with van der Waals surface area (Å²) in [6.07, 6.45) is 2.43. The van der Waals surface area contributed by atoms with Crippen LogP contribution in [0.15, 0.2) is 29.2 Å². The van der Waals surface area contributed by atoms with Crippen LogP contribution in [0.25, 0.3) is 0 Å². The van der Waals surface area contributed by atoms with Gasteiger partial charge in [0.05, 0.1) is 10.6 Å². The Balaban J connectivity index is 2.13. The Hall–Kier alpha value is -1.03. The molecule has 4 heteroatoms. The summed E-state index contributed by atoms with van der Waals surface area (Å²) in [6, 6.07) is 7.31. The van der Waals surface area contributed by atoms with E-state index in [1.165, 1.54) is 12.8 Å². The van der Waals surface area contributed by atoms with Crippen molar-refractivity contribution in [2.45, 2.75) is 31.6 Å². The van der Waals surface area contributed by atoms with Gasteiger partial charge in [0.25, 0.3) is 0 Å². The van der Waals surface area contributed by atoms with E-state index in [-0.39, 0.29) is 5.75 Å². The van der Waals surface area contributed by atoms with Gasteiger partial charge in [-0.1, -0.05) is 13.8 Å². The van der Waals surface area contributed by atoms with Crippen LogP contribution in [0.1, 0.15) is 26.7 Å². The third kappa shape index (κ3) is 2.86. The summed E-state index contributed by atoms with van der Waals surface area (Å²) in [5.74, 6) is 0.967. The van der Waals surface area contributed by atoms with Crippen LogP contribution in [0.4, 0.5) is 5.69 Å². The maximum atomic E-state index is 11.7. The van der Waals surface area contributed by atoms with E-state index >= 15 is 0 Å². The summed E-state index contributed by atoms with van der Waals surface area (Å²) in [6.45, 7) is 6.10. The SMILES string of the molecule is CCS(=O)(=O)c1ccc(N2CCC(C)CC2)cc1. The summed E-state index contributed by atoms with van der Waals surface area (Å²) < 4.78 is 23.4. The first-order valence-corrected chi connectivity index (χ1v) is 8.26. The lowest BCUT2D eigenvalue weighted by Crippen LogP contribution is -2.32. The fourth-order valence-electron chi connectivity index (χ4n) is 2.30. The molecule has 100 valence electrons. The maximum absolute atomic E-state index is 11.7. The van der Waals surface area contributed by atoms with E-state index in [2.05, 4.69) is 11.8 Å². The fourth-order valence-corrected chi connectivity index (χ4v) is 3.18. The van der Waals surface area contributed by atoms with Crippen molar-refractivity contribution < 1.29 is 8.42 Å². The normalized spacial score (nSPS) is 18.0. The van der Waals surface area contributed by atoms with Crippen LogP contribution in [0.2, 0.25) is 0 Å². The van der Waals surface area contributed by atoms with Gasteiger partial charge in [0.2, 0.25) is 0 Å². The van der Waals surface area contributed by atoms with E-state index in [0.29, 0.717) is 4.90 Å². The lowest BCUT2D eigenvalue weighted by molar-refractivity contribution is 0.438. The summed E-state index contributed by atoms with van der Waals surface area (Å²) >= 11 is 0. The minimum Gasteiger partial charge on any atom is -0.372 e. The predicted octanol–water partition coefficient (Wildman–Crippen LogP) is 2.72. The average molecular weight is 267 g/mol. The summed E-state index contributed by atoms with van der Waals surface area (Å²) in [4.78, 5) is 2.77. The first-order valence-electron chi connectivity index (χ1n) is 6.60. The molecule has 0 bridgehead atoms. The molecule has 0 aliphatic carbocycles. The Kier molecular flexibility index (Phi) is 3.95. The molecule has 0 unspecified atom stereocenters. The first kappa shape index (κ1) is 13.4. The molecule has 1 aliphatic rings. The molecule has 0 atom stereocenters. The van der Waals surface area contributed by atoms with Gasteiger partial charge in [-0.05, 0) is 43.0 Å². The Morgan fingerprint density at radius 1 is 1.17 bits per heavy atom. The van der Waals surface area contributed by atoms with Gasteiger partial charge in [-0.15, -0.1) is 0 Å². The van der Waals surface area contributed by atoms with Gasteiger partial charge in [-0.25, -0.2) is 8.42 Å². The molecule has 0 amide bonds. The number of nitrogens with zero attached hydrogens (tertiary/aromatic N) is 1. The Morgan fingerprint density at radius 3 is 2.22 bits per heavy atom. The van der Waals surface area contributed by atoms with Gasteiger partial charge < -0.3 is 4.90 Å². The van der Waals surface area contributed by atoms with Crippen molar-refractivity contribution in [2.75, 3.05) is 23.7 Å². The molecule has 1 aliphatic heterocycles. The highest BCUT2D eigenvalue weighted by Gasteiger charge is 2.17. The van der Waals surface area contributed by atoms with Crippen molar-refractivity contribution in [3.63, 3.8) is 0 Å². The largest absolute Gasteiger partial charge is 0.372 e. The van der Waals surface area contributed by atoms with Crippen LogP contribution < -0.4 is 4.90 Å². The molecule has 0 saturated carbocycles. The summed E-state index contributed by atoms with van der Waals surface area (Å²) in [5, 5.41) is 0. The lowest BCUT2D eigenvalue weighted by atomic mass is 9.99. The van der Waals surface area contributed by atoms with Crippen LogP contribution in [0.5, 0.6) is 0 Å². The molecule has 0 aromatic heterocycles. The fraction of sp³-hybridized carbons (Fsp3) is 0.571. The zero-order chi connectivity index (χ0) is 13.2. The second kappa shape index (κ2) is 5.31. The van der Waals surface area contributed by atoms with Gasteiger partial charge in [-0.3, -0.25) is 0 Å². The second-order valence-corrected chi connectivity index (χ2v) is 7.35. The number of benzene rings is 1. The van der Waals surface area contributed by atoms with Gasteiger partial charge in [0.15, 0.2) is 9.84 Å². The van der Waals surface area contributed by atoms with Crippen molar-refractivity contribution in [1.29, 1.82) is 0 Å². The van der Waals surface area contributed by atoms with Crippen molar-refractivity contribution in [2.24, 2.45) is 5.92 Å². The topological polar surface area (TPSA) is 37.4 Å². The number of hydrogen-bond donors (Lipinski definition) is 0. The number of rotatable bonds is 3. The van der Waals surface area contributed by atoms with E-state index < -0.39 is 9.84 Å². The molecule has 0 spiro atoms. The van der Waals surface area contributed by atoms with Crippen LogP contribution in [0, 0.1) is 5.92 Å². The number of sulfone groups is 1. The molecule has 1 aromatic carbocycles. The Labute approximate surface area is 110 Å². The van der Waals surface area contributed by atoms with Gasteiger partial charge in [0, 0.05) is 18.8 Å². The highest BCUT2D eigenvalue weighted by Crippen LogP contribution is 2.24. The van der Waals surface area contributed by atoms with Gasteiger partial charge >= 0.3 is 0 Å². The first-order chi connectivity index (χ1) is 8.53. The lowest BCUT2D eigenvalue weighted by Gasteiger charge is -2.32. The molecule has 0 radical (unpaired) electrons. The van der Waals surface area contributed by atoms with E-state index in [4.69, 9.17) is 0 Å². The van der Waals surface area contributed by atoms with Crippen molar-refractivity contribution >= 4 is 15.5 Å². The molecule has 0 N–H and O–H groups in total. The van der Waals surface area contributed by atoms with E-state index in [1.54, 1.807) is 19.1 Å². The minimum absolute atomic E-state index is 0.160. The molecule has 3 nitrogen and oxygen atoms in total. The van der Waals surface area contributed by atoms with Crippen LogP contribution >= 0.6 is 0 Å². The standard InChI is InChI=1S/C14H21NO2S/c1-3-18(16,17)14-6-4-13(5-7-14)15-10-8-12(2)9-11-15/h4-7,12H,3,8-11H2,1-2H3. The zero-order valence-electron chi connectivity index (χ0n) is 11.1. The molecule has 1 heterocycles. The van der Waals surface area contributed by atoms with Crippen LogP contribution in [-0.2, 0) is 9.84 Å². The molecule has 2 rings (SSSR count). The minimum atomic E-state index is -3.07. The quantitative estimate of drug-likeness (QED) is 0.845. The number of hydrogen-bond acceptors (Lipinski definition) is 3. The highest BCUT2D eigenvalue weighted by atomic mass is 32.2. The number of anilines is 1. The highest BCUT2D eigenvalue weighted by molar-refractivity contribution is 7.91. The molecule has 18 heavy (non-hydrogen) atoms. The third-order valence-electron chi connectivity index (χ3n) is 3.72. The smallest absolute Gasteiger partial charge is 0.178 e. The molecule has 1 aromatic rings. The Bertz CT molecular complexity index is 485. The van der Waals surface area contributed by atoms with Crippen molar-refractivity contribution in [3.05, 3.63) is 24.3 Å². The molecular formula is C14H21NO2S. The van der Waals surface area contributed by atoms with Crippen LogP contribution in [-0.4, -0.2) is 27.3 Å². The Morgan fingerprint density at radius 2 is 1.72 bits per heavy atom. The maximum Gasteiger partial charge on any atom is 0.178 e. The third-order valence-corrected chi connectivity index (χ3v) is 5.48. The predicted molar refractivity (Wildman–Crippen MR) is 74.8 cm³/mol. The van der Waals surface area contributed by atoms with Gasteiger partial charge in [-0.2, -0.15) is 0 Å². The van der Waals surface area contributed by atoms with E-state index in [1.807, 2.05) is 12.1 Å². The van der Waals surface area contributed by atoms with Crippen LogP contribution in [0.3, 0.4) is 0 Å². The number of piperidine rings is 1. The molecule has 1 saturated heterocycles.